The molecule has 8 nitrogen and oxygen atoms in total. The molecule has 0 bridgehead atoms. The van der Waals surface area contributed by atoms with Crippen molar-refractivity contribution in [3.05, 3.63) is 53.6 Å². The van der Waals surface area contributed by atoms with Crippen molar-refractivity contribution < 1.29 is 19.1 Å². The molecule has 5 amide bonds. The van der Waals surface area contributed by atoms with Gasteiger partial charge in [0, 0.05) is 19.0 Å². The molecule has 5 rings (SSSR count). The summed E-state index contributed by atoms with van der Waals surface area (Å²) in [6, 6.07) is 13.8. The fraction of sp³-hybridized carbons (Fsp3) is 0.375. The fourth-order valence-electron chi connectivity index (χ4n) is 4.74. The van der Waals surface area contributed by atoms with Crippen LogP contribution in [-0.2, 0) is 17.8 Å². The summed E-state index contributed by atoms with van der Waals surface area (Å²) in [6.07, 6.45) is 3.27. The number of nitrogens with one attached hydrogen (secondary N) is 4. The van der Waals surface area contributed by atoms with Crippen LogP contribution < -0.4 is 26.0 Å². The monoisotopic (exact) mass is 434 g/mol. The molecule has 1 spiro atoms. The van der Waals surface area contributed by atoms with Crippen molar-refractivity contribution in [1.82, 2.24) is 21.3 Å². The average Bonchev–Trinajstić information content (AvgIpc) is 3.37. The third-order valence-corrected chi connectivity index (χ3v) is 6.62. The Bertz CT molecular complexity index is 1060. The van der Waals surface area contributed by atoms with Crippen molar-refractivity contribution in [2.75, 3.05) is 6.61 Å². The van der Waals surface area contributed by atoms with Crippen LogP contribution in [0.25, 0.3) is 11.1 Å². The number of imide groups is 1. The summed E-state index contributed by atoms with van der Waals surface area (Å²) in [5.41, 5.74) is 3.75. The first-order valence-electron chi connectivity index (χ1n) is 11.0. The van der Waals surface area contributed by atoms with Gasteiger partial charge in [0.25, 0.3) is 5.91 Å². The van der Waals surface area contributed by atoms with Gasteiger partial charge in [-0.2, -0.15) is 0 Å². The molecule has 0 unspecified atom stereocenters. The third kappa shape index (κ3) is 4.00. The van der Waals surface area contributed by atoms with Crippen molar-refractivity contribution in [1.29, 1.82) is 0 Å². The van der Waals surface area contributed by atoms with Gasteiger partial charge >= 0.3 is 12.1 Å². The Morgan fingerprint density at radius 2 is 1.81 bits per heavy atom. The van der Waals surface area contributed by atoms with Crippen LogP contribution in [0.1, 0.15) is 36.8 Å². The Morgan fingerprint density at radius 3 is 2.53 bits per heavy atom. The number of ether oxygens (including phenoxy) is 1. The third-order valence-electron chi connectivity index (χ3n) is 6.62. The number of benzene rings is 2. The number of carbonyl (C=O) groups excluding carboxylic acids is 3. The molecule has 2 heterocycles. The van der Waals surface area contributed by atoms with E-state index < -0.39 is 11.6 Å². The van der Waals surface area contributed by atoms with Crippen molar-refractivity contribution in [2.45, 2.75) is 50.2 Å². The standard InChI is InChI=1S/C24H26N4O4/c29-21-24(28-23(31)27-21)10-7-19(8-11-24)26-22(30)25-14-15-1-3-16(4-2-15)17-5-6-20-18(13-17)9-12-32-20/h1-6,13,19H,7-12,14H2,(H2,25,26,30)(H2,27,28,29,31). The molecule has 2 aromatic carbocycles. The molecule has 0 atom stereocenters. The molecule has 0 radical (unpaired) electrons. The van der Waals surface area contributed by atoms with Crippen molar-refractivity contribution in [2.24, 2.45) is 0 Å². The van der Waals surface area contributed by atoms with E-state index in [2.05, 4.69) is 45.5 Å². The minimum absolute atomic E-state index is 0.0166. The maximum Gasteiger partial charge on any atom is 0.322 e. The Labute approximate surface area is 186 Å². The van der Waals surface area contributed by atoms with Gasteiger partial charge in [0.1, 0.15) is 11.3 Å². The van der Waals surface area contributed by atoms with E-state index in [0.29, 0.717) is 32.2 Å². The second-order valence-corrected chi connectivity index (χ2v) is 8.71. The van der Waals surface area contributed by atoms with Gasteiger partial charge in [0.2, 0.25) is 0 Å². The summed E-state index contributed by atoms with van der Waals surface area (Å²) < 4.78 is 5.57. The first-order valence-corrected chi connectivity index (χ1v) is 11.0. The highest BCUT2D eigenvalue weighted by Gasteiger charge is 2.48. The zero-order valence-electron chi connectivity index (χ0n) is 17.7. The molecule has 0 aromatic heterocycles. The number of amides is 5. The molecular weight excluding hydrogens is 408 g/mol. The fourth-order valence-corrected chi connectivity index (χ4v) is 4.74. The molecule has 4 N–H and O–H groups in total. The smallest absolute Gasteiger partial charge is 0.322 e. The number of hydrogen-bond acceptors (Lipinski definition) is 4. The van der Waals surface area contributed by atoms with Crippen molar-refractivity contribution in [3.8, 4) is 16.9 Å². The lowest BCUT2D eigenvalue weighted by Gasteiger charge is -2.34. The highest BCUT2D eigenvalue weighted by molar-refractivity contribution is 6.07. The molecule has 2 fully saturated rings. The lowest BCUT2D eigenvalue weighted by Crippen LogP contribution is -2.53. The molecule has 2 aliphatic heterocycles. The Balaban J connectivity index is 1.10. The van der Waals surface area contributed by atoms with Gasteiger partial charge in [-0.1, -0.05) is 30.3 Å². The average molecular weight is 434 g/mol. The van der Waals surface area contributed by atoms with Crippen LogP contribution >= 0.6 is 0 Å². The molecule has 1 saturated carbocycles. The van der Waals surface area contributed by atoms with Gasteiger partial charge in [0.05, 0.1) is 6.61 Å². The number of fused-ring (bicyclic) bond motifs is 1. The van der Waals surface area contributed by atoms with Crippen LogP contribution in [0.3, 0.4) is 0 Å². The molecule has 32 heavy (non-hydrogen) atoms. The Hall–Kier alpha value is -3.55. The van der Waals surface area contributed by atoms with Gasteiger partial charge in [-0.3, -0.25) is 10.1 Å². The highest BCUT2D eigenvalue weighted by Crippen LogP contribution is 2.31. The molecule has 8 heteroatoms. The molecular formula is C24H26N4O4. The zero-order valence-corrected chi connectivity index (χ0v) is 17.7. The lowest BCUT2D eigenvalue weighted by atomic mass is 9.79. The molecule has 3 aliphatic rings. The van der Waals surface area contributed by atoms with Crippen LogP contribution in [0, 0.1) is 0 Å². The van der Waals surface area contributed by atoms with Crippen LogP contribution in [0.5, 0.6) is 5.75 Å². The van der Waals surface area contributed by atoms with Crippen molar-refractivity contribution >= 4 is 18.0 Å². The maximum absolute atomic E-state index is 12.3. The van der Waals surface area contributed by atoms with Gasteiger partial charge in [-0.05, 0) is 60.1 Å². The van der Waals surface area contributed by atoms with Crippen molar-refractivity contribution in [3.63, 3.8) is 0 Å². The Morgan fingerprint density at radius 1 is 1.06 bits per heavy atom. The summed E-state index contributed by atoms with van der Waals surface area (Å²) in [5, 5.41) is 10.9. The quantitative estimate of drug-likeness (QED) is 0.555. The van der Waals surface area contributed by atoms with Crippen LogP contribution in [0.4, 0.5) is 9.59 Å². The number of urea groups is 2. The second kappa shape index (κ2) is 8.18. The minimum Gasteiger partial charge on any atom is -0.493 e. The highest BCUT2D eigenvalue weighted by atomic mass is 16.5. The van der Waals surface area contributed by atoms with Gasteiger partial charge < -0.3 is 20.7 Å². The Kier molecular flexibility index (Phi) is 5.20. The molecule has 166 valence electrons. The topological polar surface area (TPSA) is 109 Å². The first kappa shape index (κ1) is 20.4. The van der Waals surface area contributed by atoms with E-state index in [1.54, 1.807) is 0 Å². The van der Waals surface area contributed by atoms with E-state index in [1.807, 2.05) is 18.2 Å². The van der Waals surface area contributed by atoms with Gasteiger partial charge in [-0.25, -0.2) is 9.59 Å². The number of rotatable bonds is 4. The molecule has 1 aliphatic carbocycles. The predicted octanol–water partition coefficient (Wildman–Crippen LogP) is 2.61. The van der Waals surface area contributed by atoms with E-state index in [9.17, 15) is 14.4 Å². The second-order valence-electron chi connectivity index (χ2n) is 8.71. The largest absolute Gasteiger partial charge is 0.493 e. The van der Waals surface area contributed by atoms with Crippen LogP contribution in [-0.4, -0.2) is 36.2 Å². The van der Waals surface area contributed by atoms with E-state index in [4.69, 9.17) is 4.74 Å². The predicted molar refractivity (Wildman–Crippen MR) is 118 cm³/mol. The lowest BCUT2D eigenvalue weighted by molar-refractivity contribution is -0.125. The summed E-state index contributed by atoms with van der Waals surface area (Å²) in [5.74, 6) is 0.715. The number of hydrogen-bond donors (Lipinski definition) is 4. The minimum atomic E-state index is -0.806. The summed E-state index contributed by atoms with van der Waals surface area (Å²) in [7, 11) is 0. The SMILES string of the molecule is O=C(NCc1ccc(-c2ccc3c(c2)CCO3)cc1)NC1CCC2(CC1)NC(=O)NC2=O. The summed E-state index contributed by atoms with van der Waals surface area (Å²) in [4.78, 5) is 35.8. The van der Waals surface area contributed by atoms with Gasteiger partial charge in [-0.15, -0.1) is 0 Å². The summed E-state index contributed by atoms with van der Waals surface area (Å²) in [6.45, 7) is 1.18. The maximum atomic E-state index is 12.3. The van der Waals surface area contributed by atoms with Gasteiger partial charge in [0.15, 0.2) is 0 Å². The first-order chi connectivity index (χ1) is 15.5. The van der Waals surface area contributed by atoms with E-state index in [1.165, 1.54) is 5.56 Å². The normalized spacial score (nSPS) is 23.8. The van der Waals surface area contributed by atoms with E-state index >= 15 is 0 Å². The van der Waals surface area contributed by atoms with E-state index in [-0.39, 0.29) is 18.0 Å². The number of carbonyl (C=O) groups is 3. The zero-order chi connectivity index (χ0) is 22.1. The van der Waals surface area contributed by atoms with E-state index in [0.717, 1.165) is 35.5 Å². The molecule has 2 aromatic rings. The summed E-state index contributed by atoms with van der Waals surface area (Å²) >= 11 is 0. The van der Waals surface area contributed by atoms with Crippen LogP contribution in [0.2, 0.25) is 0 Å². The van der Waals surface area contributed by atoms with Crippen LogP contribution in [0.15, 0.2) is 42.5 Å². The molecule has 1 saturated heterocycles.